The molecule has 1 aliphatic carbocycles. The minimum Gasteiger partial charge on any atom is -0.409 e. The van der Waals surface area contributed by atoms with Crippen LogP contribution in [0.1, 0.15) is 29.5 Å². The van der Waals surface area contributed by atoms with Gasteiger partial charge in [-0.2, -0.15) is 0 Å². The van der Waals surface area contributed by atoms with Crippen LogP contribution in [-0.4, -0.2) is 28.1 Å². The molecule has 0 unspecified atom stereocenters. The molecule has 0 aliphatic heterocycles. The predicted octanol–water partition coefficient (Wildman–Crippen LogP) is 3.01. The minimum absolute atomic E-state index is 0.0242. The van der Waals surface area contributed by atoms with Crippen molar-refractivity contribution in [2.24, 2.45) is 10.9 Å². The van der Waals surface area contributed by atoms with E-state index in [4.69, 9.17) is 10.9 Å². The van der Waals surface area contributed by atoms with E-state index in [0.29, 0.717) is 11.4 Å². The van der Waals surface area contributed by atoms with Crippen molar-refractivity contribution in [2.45, 2.75) is 18.9 Å². The lowest BCUT2D eigenvalue weighted by Crippen LogP contribution is -2.30. The average molecular weight is 385 g/mol. The third-order valence-electron chi connectivity index (χ3n) is 4.48. The summed E-state index contributed by atoms with van der Waals surface area (Å²) in [5.41, 5.74) is 8.43. The van der Waals surface area contributed by atoms with Crippen LogP contribution < -0.4 is 16.4 Å². The largest absolute Gasteiger partial charge is 0.409 e. The van der Waals surface area contributed by atoms with Crippen LogP contribution in [0.25, 0.3) is 10.9 Å². The molecule has 2 amide bonds. The van der Waals surface area contributed by atoms with Crippen LogP contribution in [0.4, 0.5) is 10.6 Å². The average Bonchev–Trinajstić information content (AvgIpc) is 3.55. The van der Waals surface area contributed by atoms with Gasteiger partial charge in [0.05, 0.1) is 5.52 Å². The molecule has 3 aromatic rings. The van der Waals surface area contributed by atoms with Crippen molar-refractivity contribution in [1.82, 2.24) is 10.3 Å². The zero-order chi connectivity index (χ0) is 20.2. The SMILES string of the molecule is NC(=NO)c1cccc(C#Cc2cc(NC(=O)NC3CC3)nc3ccccc23)c1. The number of nitrogens with one attached hydrogen (secondary N) is 2. The van der Waals surface area contributed by atoms with Gasteiger partial charge in [-0.1, -0.05) is 47.3 Å². The van der Waals surface area contributed by atoms with Gasteiger partial charge in [-0.05, 0) is 37.1 Å². The Morgan fingerprint density at radius 1 is 1.14 bits per heavy atom. The molecule has 1 heterocycles. The van der Waals surface area contributed by atoms with Crippen LogP contribution in [0.2, 0.25) is 0 Å². The first-order valence-electron chi connectivity index (χ1n) is 9.19. The van der Waals surface area contributed by atoms with Crippen molar-refractivity contribution in [3.63, 3.8) is 0 Å². The number of benzene rings is 2. The van der Waals surface area contributed by atoms with E-state index < -0.39 is 0 Å². The number of oxime groups is 1. The van der Waals surface area contributed by atoms with Gasteiger partial charge in [0, 0.05) is 28.1 Å². The fourth-order valence-corrected chi connectivity index (χ4v) is 2.86. The normalized spacial score (nSPS) is 13.4. The van der Waals surface area contributed by atoms with Gasteiger partial charge in [0.1, 0.15) is 5.82 Å². The summed E-state index contributed by atoms with van der Waals surface area (Å²) < 4.78 is 0. The molecule has 1 aromatic heterocycles. The molecule has 4 rings (SSSR count). The molecule has 0 atom stereocenters. The molecular formula is C22H19N5O2. The fourth-order valence-electron chi connectivity index (χ4n) is 2.86. The van der Waals surface area contributed by atoms with Crippen molar-refractivity contribution in [2.75, 3.05) is 5.32 Å². The molecule has 2 aromatic carbocycles. The van der Waals surface area contributed by atoms with Crippen LogP contribution in [0.3, 0.4) is 0 Å². The molecule has 7 heteroatoms. The van der Waals surface area contributed by atoms with E-state index in [-0.39, 0.29) is 17.9 Å². The second-order valence-corrected chi connectivity index (χ2v) is 6.76. The first-order valence-corrected chi connectivity index (χ1v) is 9.19. The molecule has 0 saturated heterocycles. The van der Waals surface area contributed by atoms with Gasteiger partial charge in [0.25, 0.3) is 0 Å². The highest BCUT2D eigenvalue weighted by molar-refractivity contribution is 5.97. The highest BCUT2D eigenvalue weighted by Crippen LogP contribution is 2.21. The lowest BCUT2D eigenvalue weighted by atomic mass is 10.1. The van der Waals surface area contributed by atoms with Gasteiger partial charge < -0.3 is 16.3 Å². The predicted molar refractivity (Wildman–Crippen MR) is 112 cm³/mol. The van der Waals surface area contributed by atoms with Crippen molar-refractivity contribution in [3.05, 3.63) is 71.3 Å². The summed E-state index contributed by atoms with van der Waals surface area (Å²) >= 11 is 0. The molecule has 0 radical (unpaired) electrons. The monoisotopic (exact) mass is 385 g/mol. The Kier molecular flexibility index (Phi) is 4.99. The van der Waals surface area contributed by atoms with E-state index in [1.807, 2.05) is 30.3 Å². The summed E-state index contributed by atoms with van der Waals surface area (Å²) in [4.78, 5) is 16.6. The zero-order valence-corrected chi connectivity index (χ0v) is 15.5. The second-order valence-electron chi connectivity index (χ2n) is 6.76. The number of anilines is 1. The molecule has 144 valence electrons. The Morgan fingerprint density at radius 3 is 2.76 bits per heavy atom. The van der Waals surface area contributed by atoms with Crippen LogP contribution in [0.15, 0.2) is 59.8 Å². The molecule has 1 saturated carbocycles. The molecule has 0 spiro atoms. The smallest absolute Gasteiger partial charge is 0.320 e. The molecule has 7 nitrogen and oxygen atoms in total. The summed E-state index contributed by atoms with van der Waals surface area (Å²) in [6.45, 7) is 0. The number of amides is 2. The number of aromatic nitrogens is 1. The number of fused-ring (bicyclic) bond motifs is 1. The molecule has 0 bridgehead atoms. The van der Waals surface area contributed by atoms with E-state index >= 15 is 0 Å². The number of nitrogens with zero attached hydrogens (tertiary/aromatic N) is 2. The lowest BCUT2D eigenvalue weighted by molar-refractivity contribution is 0.251. The number of carbonyl (C=O) groups is 1. The van der Waals surface area contributed by atoms with Crippen LogP contribution >= 0.6 is 0 Å². The van der Waals surface area contributed by atoms with E-state index in [1.165, 1.54) is 0 Å². The first kappa shape index (κ1) is 18.3. The molecular weight excluding hydrogens is 366 g/mol. The maximum absolute atomic E-state index is 12.1. The first-order chi connectivity index (χ1) is 14.1. The maximum Gasteiger partial charge on any atom is 0.320 e. The molecule has 29 heavy (non-hydrogen) atoms. The number of para-hydroxylation sites is 1. The summed E-state index contributed by atoms with van der Waals surface area (Å²) in [7, 11) is 0. The van der Waals surface area contributed by atoms with Gasteiger partial charge in [-0.3, -0.25) is 5.32 Å². The topological polar surface area (TPSA) is 113 Å². The van der Waals surface area contributed by atoms with Crippen molar-refractivity contribution in [3.8, 4) is 11.8 Å². The van der Waals surface area contributed by atoms with E-state index in [2.05, 4.69) is 32.6 Å². The van der Waals surface area contributed by atoms with E-state index in [0.717, 1.165) is 34.9 Å². The highest BCUT2D eigenvalue weighted by Gasteiger charge is 2.23. The van der Waals surface area contributed by atoms with Crippen molar-refractivity contribution >= 4 is 28.6 Å². The quantitative estimate of drug-likeness (QED) is 0.182. The van der Waals surface area contributed by atoms with Crippen LogP contribution in [-0.2, 0) is 0 Å². The van der Waals surface area contributed by atoms with Gasteiger partial charge in [-0.25, -0.2) is 9.78 Å². The Bertz CT molecular complexity index is 1170. The number of amidine groups is 1. The van der Waals surface area contributed by atoms with Gasteiger partial charge in [-0.15, -0.1) is 0 Å². The van der Waals surface area contributed by atoms with Gasteiger partial charge in [0.2, 0.25) is 0 Å². The summed E-state index contributed by atoms with van der Waals surface area (Å²) in [5, 5.41) is 18.4. The number of nitrogens with two attached hydrogens (primary N) is 1. The number of carbonyl (C=O) groups excluding carboxylic acids is 1. The Balaban J connectivity index is 1.68. The summed E-state index contributed by atoms with van der Waals surface area (Å²) in [6.07, 6.45) is 2.03. The van der Waals surface area contributed by atoms with Crippen molar-refractivity contribution < 1.29 is 10.0 Å². The third-order valence-corrected chi connectivity index (χ3v) is 4.48. The summed E-state index contributed by atoms with van der Waals surface area (Å²) in [6, 6.07) is 16.5. The second kappa shape index (κ2) is 7.90. The molecule has 1 aliphatic rings. The van der Waals surface area contributed by atoms with Crippen LogP contribution in [0.5, 0.6) is 0 Å². The number of rotatable bonds is 3. The van der Waals surface area contributed by atoms with Crippen LogP contribution in [0, 0.1) is 11.8 Å². The lowest BCUT2D eigenvalue weighted by Gasteiger charge is -2.08. The fraction of sp³-hybridized carbons (Fsp3) is 0.136. The standard InChI is InChI=1S/C22H19N5O2/c23-21(27-29)16-5-3-4-14(12-16)8-9-15-13-20(26-22(28)24-17-10-11-17)25-19-7-2-1-6-18(15)19/h1-7,12-13,17,29H,10-11H2,(H2,23,27)(H2,24,25,26,28). The maximum atomic E-state index is 12.1. The number of urea groups is 1. The van der Waals surface area contributed by atoms with Gasteiger partial charge >= 0.3 is 6.03 Å². The highest BCUT2D eigenvalue weighted by atomic mass is 16.4. The van der Waals surface area contributed by atoms with Crippen molar-refractivity contribution in [1.29, 1.82) is 0 Å². The molecule has 1 fully saturated rings. The minimum atomic E-state index is -0.263. The van der Waals surface area contributed by atoms with E-state index in [9.17, 15) is 4.79 Å². The number of hydrogen-bond acceptors (Lipinski definition) is 4. The van der Waals surface area contributed by atoms with Gasteiger partial charge in [0.15, 0.2) is 5.84 Å². The Labute approximate surface area is 167 Å². The summed E-state index contributed by atoms with van der Waals surface area (Å²) in [5.74, 6) is 6.71. The Morgan fingerprint density at radius 2 is 1.97 bits per heavy atom. The number of pyridine rings is 1. The third kappa shape index (κ3) is 4.45. The molecule has 5 N–H and O–H groups in total. The number of hydrogen-bond donors (Lipinski definition) is 4. The Hall–Kier alpha value is -4.05. The zero-order valence-electron chi connectivity index (χ0n) is 15.5. The van der Waals surface area contributed by atoms with E-state index in [1.54, 1.807) is 24.3 Å².